The van der Waals surface area contributed by atoms with Gasteiger partial charge in [-0.1, -0.05) is 0 Å². The van der Waals surface area contributed by atoms with Crippen molar-refractivity contribution in [3.63, 3.8) is 0 Å². The highest BCUT2D eigenvalue weighted by molar-refractivity contribution is 5.97. The second-order valence-electron chi connectivity index (χ2n) is 4.50. The largest absolute Gasteiger partial charge is 0.465 e. The molecule has 0 bridgehead atoms. The molecule has 21 heavy (non-hydrogen) atoms. The fourth-order valence-corrected chi connectivity index (χ4v) is 1.89. The molecule has 0 aromatic heterocycles. The van der Waals surface area contributed by atoms with Crippen LogP contribution in [0, 0.1) is 18.6 Å². The summed E-state index contributed by atoms with van der Waals surface area (Å²) in [5.74, 6) is -2.45. The fourth-order valence-electron chi connectivity index (χ4n) is 1.89. The van der Waals surface area contributed by atoms with Gasteiger partial charge in [0.05, 0.1) is 12.7 Å². The molecule has 0 aliphatic rings. The van der Waals surface area contributed by atoms with Gasteiger partial charge < -0.3 is 15.8 Å². The van der Waals surface area contributed by atoms with E-state index in [0.29, 0.717) is 22.6 Å². The summed E-state index contributed by atoms with van der Waals surface area (Å²) < 4.78 is 30.7. The third-order valence-electron chi connectivity index (χ3n) is 3.00. The molecule has 0 aliphatic heterocycles. The van der Waals surface area contributed by atoms with E-state index in [-0.39, 0.29) is 5.56 Å². The summed E-state index contributed by atoms with van der Waals surface area (Å²) in [5, 5.41) is 2.89. The van der Waals surface area contributed by atoms with E-state index >= 15 is 0 Å². The molecule has 4 nitrogen and oxygen atoms in total. The van der Waals surface area contributed by atoms with Gasteiger partial charge in [0.25, 0.3) is 0 Å². The van der Waals surface area contributed by atoms with Crippen molar-refractivity contribution in [2.75, 3.05) is 18.2 Å². The Labute approximate surface area is 120 Å². The maximum absolute atomic E-state index is 13.2. The van der Waals surface area contributed by atoms with Gasteiger partial charge in [-0.15, -0.1) is 0 Å². The topological polar surface area (TPSA) is 64.3 Å². The predicted octanol–water partition coefficient (Wildman–Crippen LogP) is 3.39. The average Bonchev–Trinajstić information content (AvgIpc) is 2.45. The molecule has 110 valence electrons. The molecule has 3 N–H and O–H groups in total. The van der Waals surface area contributed by atoms with E-state index in [1.165, 1.54) is 19.2 Å². The number of halogens is 2. The number of hydrogen-bond acceptors (Lipinski definition) is 4. The lowest BCUT2D eigenvalue weighted by molar-refractivity contribution is 0.0602. The van der Waals surface area contributed by atoms with Gasteiger partial charge in [0.2, 0.25) is 0 Å². The van der Waals surface area contributed by atoms with Crippen molar-refractivity contribution in [1.29, 1.82) is 0 Å². The SMILES string of the molecule is COC(=O)c1cc(Nc2ccc(F)c(F)c2)cc(C)c1N. The second-order valence-corrected chi connectivity index (χ2v) is 4.50. The highest BCUT2D eigenvalue weighted by Crippen LogP contribution is 2.26. The average molecular weight is 292 g/mol. The van der Waals surface area contributed by atoms with E-state index in [1.807, 2.05) is 0 Å². The molecule has 0 saturated carbocycles. The lowest BCUT2D eigenvalue weighted by atomic mass is 10.1. The maximum Gasteiger partial charge on any atom is 0.340 e. The molecule has 2 aromatic carbocycles. The maximum atomic E-state index is 13.2. The van der Waals surface area contributed by atoms with Crippen LogP contribution in [-0.2, 0) is 4.74 Å². The van der Waals surface area contributed by atoms with Crippen molar-refractivity contribution in [3.05, 3.63) is 53.1 Å². The Hall–Kier alpha value is -2.63. The second kappa shape index (κ2) is 5.78. The highest BCUT2D eigenvalue weighted by atomic mass is 19.2. The molecule has 6 heteroatoms. The lowest BCUT2D eigenvalue weighted by Gasteiger charge is -2.12. The molecule has 0 atom stereocenters. The normalized spacial score (nSPS) is 10.3. The van der Waals surface area contributed by atoms with Crippen LogP contribution in [0.2, 0.25) is 0 Å². The van der Waals surface area contributed by atoms with Crippen molar-refractivity contribution < 1.29 is 18.3 Å². The van der Waals surface area contributed by atoms with Gasteiger partial charge in [0.1, 0.15) is 0 Å². The Morgan fingerprint density at radius 1 is 1.14 bits per heavy atom. The minimum atomic E-state index is -0.958. The predicted molar refractivity (Wildman–Crippen MR) is 76.6 cm³/mol. The van der Waals surface area contributed by atoms with Crippen LogP contribution in [0.4, 0.5) is 25.8 Å². The summed E-state index contributed by atoms with van der Waals surface area (Å²) in [6.07, 6.45) is 0. The number of carbonyl (C=O) groups excluding carboxylic acids is 1. The number of rotatable bonds is 3. The number of anilines is 3. The number of benzene rings is 2. The smallest absolute Gasteiger partial charge is 0.340 e. The molecule has 0 saturated heterocycles. The summed E-state index contributed by atoms with van der Waals surface area (Å²) in [6, 6.07) is 6.63. The van der Waals surface area contributed by atoms with Crippen LogP contribution < -0.4 is 11.1 Å². The molecule has 0 heterocycles. The number of ether oxygens (including phenoxy) is 1. The molecule has 0 amide bonds. The number of carbonyl (C=O) groups is 1. The molecule has 0 spiro atoms. The van der Waals surface area contributed by atoms with Crippen LogP contribution in [0.15, 0.2) is 30.3 Å². The Morgan fingerprint density at radius 2 is 1.86 bits per heavy atom. The van der Waals surface area contributed by atoms with E-state index in [1.54, 1.807) is 13.0 Å². The molecule has 0 unspecified atom stereocenters. The van der Waals surface area contributed by atoms with Gasteiger partial charge in [-0.05, 0) is 36.8 Å². The molecule has 2 rings (SSSR count). The number of methoxy groups -OCH3 is 1. The standard InChI is InChI=1S/C15H14F2N2O2/c1-8-5-10(6-11(14(8)18)15(20)21-2)19-9-3-4-12(16)13(17)7-9/h3-7,19H,18H2,1-2H3. The molecule has 0 aliphatic carbocycles. The van der Waals surface area contributed by atoms with Crippen molar-refractivity contribution in [2.24, 2.45) is 0 Å². The third-order valence-corrected chi connectivity index (χ3v) is 3.00. The van der Waals surface area contributed by atoms with E-state index in [9.17, 15) is 13.6 Å². The van der Waals surface area contributed by atoms with Crippen molar-refractivity contribution in [3.8, 4) is 0 Å². The molecule has 2 aromatic rings. The Kier molecular flexibility index (Phi) is 4.07. The molecule has 0 radical (unpaired) electrons. The number of hydrogen-bond donors (Lipinski definition) is 2. The number of nitrogen functional groups attached to an aromatic ring is 1. The summed E-state index contributed by atoms with van der Waals surface area (Å²) in [6.45, 7) is 1.73. The first kappa shape index (κ1) is 14.8. The molecular weight excluding hydrogens is 278 g/mol. The van der Waals surface area contributed by atoms with Gasteiger partial charge in [-0.2, -0.15) is 0 Å². The lowest BCUT2D eigenvalue weighted by Crippen LogP contribution is -2.08. The van der Waals surface area contributed by atoms with Gasteiger partial charge in [0.15, 0.2) is 11.6 Å². The van der Waals surface area contributed by atoms with Gasteiger partial charge in [-0.25, -0.2) is 13.6 Å². The number of nitrogens with one attached hydrogen (secondary N) is 1. The van der Waals surface area contributed by atoms with E-state index in [2.05, 4.69) is 10.1 Å². The number of nitrogens with two attached hydrogens (primary N) is 1. The first-order valence-corrected chi connectivity index (χ1v) is 6.13. The van der Waals surface area contributed by atoms with Gasteiger partial charge >= 0.3 is 5.97 Å². The zero-order valence-corrected chi connectivity index (χ0v) is 11.5. The Balaban J connectivity index is 2.38. The fraction of sp³-hybridized carbons (Fsp3) is 0.133. The highest BCUT2D eigenvalue weighted by Gasteiger charge is 2.13. The number of aryl methyl sites for hydroxylation is 1. The zero-order valence-electron chi connectivity index (χ0n) is 11.5. The van der Waals surface area contributed by atoms with Crippen molar-refractivity contribution in [1.82, 2.24) is 0 Å². The summed E-state index contributed by atoms with van der Waals surface area (Å²) in [4.78, 5) is 11.7. The Morgan fingerprint density at radius 3 is 2.48 bits per heavy atom. The number of esters is 1. The van der Waals surface area contributed by atoms with Crippen LogP contribution in [0.5, 0.6) is 0 Å². The minimum absolute atomic E-state index is 0.211. The van der Waals surface area contributed by atoms with Crippen LogP contribution in [0.25, 0.3) is 0 Å². The third kappa shape index (κ3) is 3.10. The quantitative estimate of drug-likeness (QED) is 0.672. The Bertz CT molecular complexity index is 702. The van der Waals surface area contributed by atoms with E-state index in [0.717, 1.165) is 12.1 Å². The van der Waals surface area contributed by atoms with Gasteiger partial charge in [0, 0.05) is 23.1 Å². The van der Waals surface area contributed by atoms with Crippen LogP contribution in [0.3, 0.4) is 0 Å². The van der Waals surface area contributed by atoms with Gasteiger partial charge in [-0.3, -0.25) is 0 Å². The minimum Gasteiger partial charge on any atom is -0.465 e. The summed E-state index contributed by atoms with van der Waals surface area (Å²) in [5.41, 5.74) is 7.90. The van der Waals surface area contributed by atoms with Crippen molar-refractivity contribution in [2.45, 2.75) is 6.92 Å². The van der Waals surface area contributed by atoms with E-state index < -0.39 is 17.6 Å². The van der Waals surface area contributed by atoms with Crippen LogP contribution in [0.1, 0.15) is 15.9 Å². The zero-order chi connectivity index (χ0) is 15.6. The first-order valence-electron chi connectivity index (χ1n) is 6.13. The van der Waals surface area contributed by atoms with Crippen LogP contribution in [-0.4, -0.2) is 13.1 Å². The first-order chi connectivity index (χ1) is 9.92. The monoisotopic (exact) mass is 292 g/mol. The molecular formula is C15H14F2N2O2. The summed E-state index contributed by atoms with van der Waals surface area (Å²) in [7, 11) is 1.26. The molecule has 0 fully saturated rings. The summed E-state index contributed by atoms with van der Waals surface area (Å²) >= 11 is 0. The van der Waals surface area contributed by atoms with Crippen molar-refractivity contribution >= 4 is 23.0 Å². The van der Waals surface area contributed by atoms with Crippen LogP contribution >= 0.6 is 0 Å². The van der Waals surface area contributed by atoms with E-state index in [4.69, 9.17) is 5.73 Å².